The van der Waals surface area contributed by atoms with Crippen molar-refractivity contribution in [2.75, 3.05) is 20.3 Å². The van der Waals surface area contributed by atoms with Gasteiger partial charge in [-0.05, 0) is 65.2 Å². The Hall–Kier alpha value is -1.83. The van der Waals surface area contributed by atoms with Crippen molar-refractivity contribution in [1.82, 2.24) is 9.80 Å². The van der Waals surface area contributed by atoms with Crippen molar-refractivity contribution in [3.63, 3.8) is 0 Å². The van der Waals surface area contributed by atoms with Crippen molar-refractivity contribution in [2.24, 2.45) is 5.92 Å². The van der Waals surface area contributed by atoms with Gasteiger partial charge in [0.05, 0.1) is 13.2 Å². The predicted octanol–water partition coefficient (Wildman–Crippen LogP) is 3.12. The second-order valence-corrected chi connectivity index (χ2v) is 10.2. The third-order valence-electron chi connectivity index (χ3n) is 6.61. The van der Waals surface area contributed by atoms with E-state index in [-0.39, 0.29) is 24.5 Å². The normalized spacial score (nSPS) is 31.4. The van der Waals surface area contributed by atoms with Gasteiger partial charge in [0.2, 0.25) is 0 Å². The lowest BCUT2D eigenvalue weighted by Gasteiger charge is -2.41. The van der Waals surface area contributed by atoms with Crippen LogP contribution in [-0.4, -0.2) is 77.9 Å². The lowest BCUT2D eigenvalue weighted by atomic mass is 9.85. The summed E-state index contributed by atoms with van der Waals surface area (Å²) in [5.74, 6) is 0.174. The molecule has 2 heterocycles. The Morgan fingerprint density at radius 2 is 1.71 bits per heavy atom. The number of esters is 1. The summed E-state index contributed by atoms with van der Waals surface area (Å²) in [6, 6.07) is -0.909. The molecule has 1 saturated carbocycles. The number of hydrogen-bond acceptors (Lipinski definition) is 6. The van der Waals surface area contributed by atoms with E-state index < -0.39 is 29.8 Å². The first kappa shape index (κ1) is 23.8. The van der Waals surface area contributed by atoms with Gasteiger partial charge in [0.1, 0.15) is 17.7 Å². The van der Waals surface area contributed by atoms with Gasteiger partial charge in [-0.15, -0.1) is 0 Å². The molecule has 2 aliphatic heterocycles. The molecule has 0 radical (unpaired) electrons. The molecule has 0 aromatic heterocycles. The van der Waals surface area contributed by atoms with Gasteiger partial charge in [-0.25, -0.2) is 9.59 Å². The Morgan fingerprint density at radius 1 is 1.03 bits per heavy atom. The number of carbonyl (C=O) groups excluding carboxylic acids is 3. The highest BCUT2D eigenvalue weighted by Gasteiger charge is 2.48. The fraction of sp³-hybridized carbons (Fsp3) is 0.870. The molecule has 1 aliphatic carbocycles. The van der Waals surface area contributed by atoms with Crippen LogP contribution in [0.15, 0.2) is 0 Å². The summed E-state index contributed by atoms with van der Waals surface area (Å²) in [6.07, 6.45) is 5.00. The van der Waals surface area contributed by atoms with Crippen LogP contribution in [0.4, 0.5) is 4.79 Å². The third kappa shape index (κ3) is 5.70. The maximum atomic E-state index is 13.5. The number of ether oxygens (including phenoxy) is 3. The Bertz CT molecular complexity index is 661. The lowest BCUT2D eigenvalue weighted by molar-refractivity contribution is -0.148. The molecule has 3 fully saturated rings. The first-order valence-electron chi connectivity index (χ1n) is 11.6. The van der Waals surface area contributed by atoms with E-state index in [1.54, 1.807) is 20.8 Å². The topological polar surface area (TPSA) is 85.4 Å². The smallest absolute Gasteiger partial charge is 0.411 e. The molecule has 3 rings (SSSR count). The molecule has 176 valence electrons. The van der Waals surface area contributed by atoms with Crippen molar-refractivity contribution in [3.05, 3.63) is 0 Å². The van der Waals surface area contributed by atoms with Gasteiger partial charge in [-0.1, -0.05) is 6.92 Å². The van der Waals surface area contributed by atoms with Crippen LogP contribution >= 0.6 is 0 Å². The summed E-state index contributed by atoms with van der Waals surface area (Å²) < 4.78 is 16.2. The number of nitrogens with zero attached hydrogens (tertiary/aromatic N) is 2. The number of amides is 2. The summed E-state index contributed by atoms with van der Waals surface area (Å²) in [7, 11) is 1.32. The van der Waals surface area contributed by atoms with Crippen LogP contribution in [0.3, 0.4) is 0 Å². The Balaban J connectivity index is 1.84. The van der Waals surface area contributed by atoms with Gasteiger partial charge in [0, 0.05) is 25.6 Å². The van der Waals surface area contributed by atoms with Crippen molar-refractivity contribution in [2.45, 2.75) is 102 Å². The van der Waals surface area contributed by atoms with Crippen LogP contribution in [0.1, 0.15) is 72.6 Å². The molecule has 0 N–H and O–H groups in total. The van der Waals surface area contributed by atoms with Crippen LogP contribution < -0.4 is 0 Å². The van der Waals surface area contributed by atoms with E-state index in [2.05, 4.69) is 6.92 Å². The van der Waals surface area contributed by atoms with Crippen molar-refractivity contribution in [3.8, 4) is 0 Å². The SMILES string of the molecule is COC(=O)[C@@H]1C[C@@H](N(C(=O)[C@@H]2CCCO2)[C@H]2CC[C@@H](C)CC2)CN1C(=O)OC(C)(C)C. The van der Waals surface area contributed by atoms with Gasteiger partial charge in [0.15, 0.2) is 0 Å². The maximum absolute atomic E-state index is 13.5. The molecule has 3 aliphatic rings. The Morgan fingerprint density at radius 3 is 2.26 bits per heavy atom. The number of carbonyl (C=O) groups is 3. The standard InChI is InChI=1S/C23H38N2O6/c1-15-8-10-16(11-9-15)25(20(26)19-7-6-12-30-19)17-13-18(21(27)29-5)24(14-17)22(28)31-23(2,3)4/h15-19H,6-14H2,1-5H3/t15-,16+,17-,18+,19+/m1/s1. The van der Waals surface area contributed by atoms with Crippen LogP contribution in [0.25, 0.3) is 0 Å². The van der Waals surface area contributed by atoms with Crippen molar-refractivity contribution in [1.29, 1.82) is 0 Å². The van der Waals surface area contributed by atoms with Gasteiger partial charge in [0.25, 0.3) is 5.91 Å². The molecule has 8 nitrogen and oxygen atoms in total. The van der Waals surface area contributed by atoms with E-state index in [4.69, 9.17) is 14.2 Å². The fourth-order valence-corrected chi connectivity index (χ4v) is 5.01. The van der Waals surface area contributed by atoms with E-state index in [1.165, 1.54) is 12.0 Å². The molecule has 8 heteroatoms. The fourth-order valence-electron chi connectivity index (χ4n) is 5.01. The number of rotatable bonds is 4. The first-order valence-corrected chi connectivity index (χ1v) is 11.6. The molecule has 31 heavy (non-hydrogen) atoms. The highest BCUT2D eigenvalue weighted by Crippen LogP contribution is 2.34. The third-order valence-corrected chi connectivity index (χ3v) is 6.61. The molecule has 3 atom stereocenters. The second-order valence-electron chi connectivity index (χ2n) is 10.2. The van der Waals surface area contributed by atoms with E-state index in [9.17, 15) is 14.4 Å². The van der Waals surface area contributed by atoms with Gasteiger partial charge in [-0.3, -0.25) is 9.69 Å². The minimum atomic E-state index is -0.757. The maximum Gasteiger partial charge on any atom is 0.411 e. The summed E-state index contributed by atoms with van der Waals surface area (Å²) >= 11 is 0. The minimum Gasteiger partial charge on any atom is -0.467 e. The quantitative estimate of drug-likeness (QED) is 0.627. The average molecular weight is 439 g/mol. The van der Waals surface area contributed by atoms with E-state index in [0.29, 0.717) is 18.9 Å². The summed E-state index contributed by atoms with van der Waals surface area (Å²) in [5, 5.41) is 0. The molecule has 0 aromatic carbocycles. The Kier molecular flexibility index (Phi) is 7.50. The zero-order valence-electron chi connectivity index (χ0n) is 19.6. The monoisotopic (exact) mass is 438 g/mol. The number of hydrogen-bond donors (Lipinski definition) is 0. The summed E-state index contributed by atoms with van der Waals surface area (Å²) in [5.41, 5.74) is -0.678. The van der Waals surface area contributed by atoms with Crippen LogP contribution in [0.5, 0.6) is 0 Å². The van der Waals surface area contributed by atoms with E-state index >= 15 is 0 Å². The lowest BCUT2D eigenvalue weighted by Crippen LogP contribution is -2.53. The molecular weight excluding hydrogens is 400 g/mol. The molecule has 0 unspecified atom stereocenters. The van der Waals surface area contributed by atoms with E-state index in [1.807, 2.05) is 4.90 Å². The van der Waals surface area contributed by atoms with Crippen LogP contribution in [0.2, 0.25) is 0 Å². The Labute approximate surface area is 185 Å². The summed E-state index contributed by atoms with van der Waals surface area (Å²) in [4.78, 5) is 42.3. The van der Waals surface area contributed by atoms with Crippen molar-refractivity contribution < 1.29 is 28.6 Å². The molecular formula is C23H38N2O6. The predicted molar refractivity (Wildman–Crippen MR) is 114 cm³/mol. The highest BCUT2D eigenvalue weighted by atomic mass is 16.6. The number of likely N-dealkylation sites (tertiary alicyclic amines) is 1. The van der Waals surface area contributed by atoms with Gasteiger partial charge >= 0.3 is 12.1 Å². The van der Waals surface area contributed by atoms with Crippen LogP contribution in [0, 0.1) is 5.92 Å². The van der Waals surface area contributed by atoms with Gasteiger partial charge < -0.3 is 19.1 Å². The molecule has 2 saturated heterocycles. The first-order chi connectivity index (χ1) is 14.6. The second kappa shape index (κ2) is 9.76. The average Bonchev–Trinajstić information content (AvgIpc) is 3.38. The molecule has 0 bridgehead atoms. The zero-order chi connectivity index (χ0) is 22.8. The van der Waals surface area contributed by atoms with Crippen molar-refractivity contribution >= 4 is 18.0 Å². The highest BCUT2D eigenvalue weighted by molar-refractivity contribution is 5.84. The molecule has 2 amide bonds. The minimum absolute atomic E-state index is 0.00305. The van der Waals surface area contributed by atoms with E-state index in [0.717, 1.165) is 38.5 Å². The summed E-state index contributed by atoms with van der Waals surface area (Å²) in [6.45, 7) is 8.49. The zero-order valence-corrected chi connectivity index (χ0v) is 19.6. The largest absolute Gasteiger partial charge is 0.467 e. The number of methoxy groups -OCH3 is 1. The molecule has 0 aromatic rings. The molecule has 0 spiro atoms. The van der Waals surface area contributed by atoms with Crippen LogP contribution in [-0.2, 0) is 23.8 Å². The van der Waals surface area contributed by atoms with Gasteiger partial charge in [-0.2, -0.15) is 0 Å².